The Hall–Kier alpha value is -0.960. The van der Waals surface area contributed by atoms with E-state index >= 15 is 0 Å². The summed E-state index contributed by atoms with van der Waals surface area (Å²) >= 11 is 0. The molecule has 1 atom stereocenters. The molecule has 114 valence electrons. The van der Waals surface area contributed by atoms with Crippen molar-refractivity contribution >= 4 is 10.0 Å². The molecule has 2 heterocycles. The van der Waals surface area contributed by atoms with E-state index in [2.05, 4.69) is 5.10 Å². The van der Waals surface area contributed by atoms with E-state index < -0.39 is 10.0 Å². The Morgan fingerprint density at radius 1 is 1.45 bits per heavy atom. The molecule has 0 aromatic carbocycles. The molecule has 0 aliphatic carbocycles. The monoisotopic (exact) mass is 303 g/mol. The highest BCUT2D eigenvalue weighted by Crippen LogP contribution is 2.27. The van der Waals surface area contributed by atoms with E-state index in [1.807, 2.05) is 0 Å². The Kier molecular flexibility index (Phi) is 4.48. The lowest BCUT2D eigenvalue weighted by Crippen LogP contribution is -2.30. The number of aliphatic hydroxyl groups is 1. The van der Waals surface area contributed by atoms with Crippen molar-refractivity contribution in [1.82, 2.24) is 14.1 Å². The first kappa shape index (κ1) is 15.4. The third-order valence-electron chi connectivity index (χ3n) is 3.67. The maximum absolute atomic E-state index is 12.7. The van der Waals surface area contributed by atoms with Gasteiger partial charge >= 0.3 is 0 Å². The van der Waals surface area contributed by atoms with Crippen molar-refractivity contribution < 1.29 is 18.3 Å². The molecule has 1 aliphatic heterocycles. The van der Waals surface area contributed by atoms with E-state index in [1.54, 1.807) is 21.0 Å². The van der Waals surface area contributed by atoms with Crippen LogP contribution in [0.4, 0.5) is 0 Å². The van der Waals surface area contributed by atoms with Gasteiger partial charge in [0.2, 0.25) is 10.0 Å². The Morgan fingerprint density at radius 2 is 2.15 bits per heavy atom. The van der Waals surface area contributed by atoms with Gasteiger partial charge in [-0.2, -0.15) is 9.40 Å². The average molecular weight is 303 g/mol. The summed E-state index contributed by atoms with van der Waals surface area (Å²) in [5, 5.41) is 13.2. The van der Waals surface area contributed by atoms with Gasteiger partial charge in [0.05, 0.1) is 30.6 Å². The molecule has 1 unspecified atom stereocenters. The predicted molar refractivity (Wildman–Crippen MR) is 73.0 cm³/mol. The standard InChI is InChI=1S/C12H21N3O4S/c1-9-12(10(2)15(13-9)6-7-16)20(17,18)14-5-4-11(8-14)19-3/h11,16H,4-8H2,1-3H3. The van der Waals surface area contributed by atoms with Gasteiger partial charge in [0.15, 0.2) is 0 Å². The van der Waals surface area contributed by atoms with Crippen LogP contribution in [0.5, 0.6) is 0 Å². The summed E-state index contributed by atoms with van der Waals surface area (Å²) in [4.78, 5) is 0.253. The Bertz CT molecular complexity index is 582. The summed E-state index contributed by atoms with van der Waals surface area (Å²) in [6.07, 6.45) is 0.663. The fourth-order valence-corrected chi connectivity index (χ4v) is 4.46. The number of rotatable bonds is 5. The van der Waals surface area contributed by atoms with Crippen LogP contribution in [0, 0.1) is 13.8 Å². The van der Waals surface area contributed by atoms with Crippen LogP contribution >= 0.6 is 0 Å². The Morgan fingerprint density at radius 3 is 2.70 bits per heavy atom. The van der Waals surface area contributed by atoms with Gasteiger partial charge in [0.1, 0.15) is 4.90 Å². The van der Waals surface area contributed by atoms with Gasteiger partial charge in [-0.3, -0.25) is 4.68 Å². The minimum absolute atomic E-state index is 0.0436. The number of ether oxygens (including phenoxy) is 1. The Balaban J connectivity index is 2.35. The Labute approximate surface area is 119 Å². The lowest BCUT2D eigenvalue weighted by molar-refractivity contribution is 0.115. The smallest absolute Gasteiger partial charge is 0.246 e. The molecule has 0 amide bonds. The van der Waals surface area contributed by atoms with Gasteiger partial charge in [-0.25, -0.2) is 8.42 Å². The molecule has 8 heteroatoms. The molecule has 0 bridgehead atoms. The van der Waals surface area contributed by atoms with Crippen molar-refractivity contribution in [3.05, 3.63) is 11.4 Å². The molecule has 1 aromatic rings. The van der Waals surface area contributed by atoms with Gasteiger partial charge < -0.3 is 9.84 Å². The zero-order valence-corrected chi connectivity index (χ0v) is 12.9. The van der Waals surface area contributed by atoms with Crippen LogP contribution in [-0.4, -0.2) is 60.5 Å². The van der Waals surface area contributed by atoms with Crippen molar-refractivity contribution in [2.45, 2.75) is 37.8 Å². The summed E-state index contributed by atoms with van der Waals surface area (Å²) < 4.78 is 33.6. The number of aryl methyl sites for hydroxylation is 1. The average Bonchev–Trinajstić information content (AvgIpc) is 2.96. The van der Waals surface area contributed by atoms with E-state index in [4.69, 9.17) is 9.84 Å². The van der Waals surface area contributed by atoms with Crippen LogP contribution in [0.25, 0.3) is 0 Å². The molecule has 1 N–H and O–H groups in total. The molecule has 2 rings (SSSR count). The maximum atomic E-state index is 12.7. The minimum atomic E-state index is -3.55. The third kappa shape index (κ3) is 2.60. The molecular formula is C12H21N3O4S. The molecule has 1 saturated heterocycles. The lowest BCUT2D eigenvalue weighted by Gasteiger charge is -2.16. The van der Waals surface area contributed by atoms with Crippen molar-refractivity contribution in [3.8, 4) is 0 Å². The topological polar surface area (TPSA) is 84.7 Å². The zero-order chi connectivity index (χ0) is 14.9. The van der Waals surface area contributed by atoms with E-state index in [0.29, 0.717) is 37.4 Å². The number of methoxy groups -OCH3 is 1. The summed E-state index contributed by atoms with van der Waals surface area (Å²) in [6.45, 7) is 4.46. The molecular weight excluding hydrogens is 282 g/mol. The predicted octanol–water partition coefficient (Wildman–Crippen LogP) is -0.0984. The number of hydrogen-bond acceptors (Lipinski definition) is 5. The first-order valence-corrected chi connectivity index (χ1v) is 8.03. The van der Waals surface area contributed by atoms with E-state index in [-0.39, 0.29) is 17.6 Å². The lowest BCUT2D eigenvalue weighted by atomic mass is 10.3. The summed E-state index contributed by atoms with van der Waals surface area (Å²) in [7, 11) is -1.96. The molecule has 0 spiro atoms. The van der Waals surface area contributed by atoms with Gasteiger partial charge in [-0.05, 0) is 20.3 Å². The number of hydrogen-bond donors (Lipinski definition) is 1. The van der Waals surface area contributed by atoms with Crippen LogP contribution in [-0.2, 0) is 21.3 Å². The molecule has 7 nitrogen and oxygen atoms in total. The first-order chi connectivity index (χ1) is 9.41. The van der Waals surface area contributed by atoms with Gasteiger partial charge in [0, 0.05) is 20.2 Å². The second-order valence-electron chi connectivity index (χ2n) is 4.96. The van der Waals surface area contributed by atoms with Crippen molar-refractivity contribution in [3.63, 3.8) is 0 Å². The summed E-state index contributed by atoms with van der Waals surface area (Å²) in [5.74, 6) is 0. The van der Waals surface area contributed by atoms with E-state index in [9.17, 15) is 8.42 Å². The highest BCUT2D eigenvalue weighted by molar-refractivity contribution is 7.89. The molecule has 0 radical (unpaired) electrons. The second-order valence-corrected chi connectivity index (χ2v) is 6.83. The van der Waals surface area contributed by atoms with E-state index in [0.717, 1.165) is 0 Å². The normalized spacial score (nSPS) is 20.7. The molecule has 20 heavy (non-hydrogen) atoms. The van der Waals surface area contributed by atoms with Crippen LogP contribution in [0.15, 0.2) is 4.90 Å². The van der Waals surface area contributed by atoms with E-state index in [1.165, 1.54) is 8.99 Å². The van der Waals surface area contributed by atoms with Crippen LogP contribution in [0.1, 0.15) is 17.8 Å². The van der Waals surface area contributed by atoms with Crippen LogP contribution < -0.4 is 0 Å². The fraction of sp³-hybridized carbons (Fsp3) is 0.750. The number of nitrogens with zero attached hydrogens (tertiary/aromatic N) is 3. The van der Waals surface area contributed by atoms with Crippen LogP contribution in [0.3, 0.4) is 0 Å². The van der Waals surface area contributed by atoms with Crippen molar-refractivity contribution in [2.24, 2.45) is 0 Å². The first-order valence-electron chi connectivity index (χ1n) is 6.59. The van der Waals surface area contributed by atoms with Gasteiger partial charge in [-0.1, -0.05) is 0 Å². The summed E-state index contributed by atoms with van der Waals surface area (Å²) in [5.41, 5.74) is 1.04. The zero-order valence-electron chi connectivity index (χ0n) is 12.0. The second kappa shape index (κ2) is 5.80. The SMILES string of the molecule is COC1CCN(S(=O)(=O)c2c(C)nn(CCO)c2C)C1. The molecule has 1 aliphatic rings. The molecule has 0 saturated carbocycles. The molecule has 1 aromatic heterocycles. The van der Waals surface area contributed by atoms with Crippen molar-refractivity contribution in [2.75, 3.05) is 26.8 Å². The number of aromatic nitrogens is 2. The minimum Gasteiger partial charge on any atom is -0.394 e. The maximum Gasteiger partial charge on any atom is 0.246 e. The van der Waals surface area contributed by atoms with Crippen molar-refractivity contribution in [1.29, 1.82) is 0 Å². The van der Waals surface area contributed by atoms with Gasteiger partial charge in [-0.15, -0.1) is 0 Å². The largest absolute Gasteiger partial charge is 0.394 e. The highest BCUT2D eigenvalue weighted by Gasteiger charge is 2.36. The highest BCUT2D eigenvalue weighted by atomic mass is 32.2. The van der Waals surface area contributed by atoms with Gasteiger partial charge in [0.25, 0.3) is 0 Å². The number of aliphatic hydroxyl groups excluding tert-OH is 1. The summed E-state index contributed by atoms with van der Waals surface area (Å²) in [6, 6.07) is 0. The quantitative estimate of drug-likeness (QED) is 0.821. The number of sulfonamides is 1. The molecule has 1 fully saturated rings. The third-order valence-corrected chi connectivity index (χ3v) is 5.78. The fourth-order valence-electron chi connectivity index (χ4n) is 2.60. The van der Waals surface area contributed by atoms with Crippen LogP contribution in [0.2, 0.25) is 0 Å².